The van der Waals surface area contributed by atoms with Crippen LogP contribution in [0.25, 0.3) is 11.0 Å². The highest BCUT2D eigenvalue weighted by Gasteiger charge is 2.27. The zero-order chi connectivity index (χ0) is 17.2. The van der Waals surface area contributed by atoms with Gasteiger partial charge >= 0.3 is 11.8 Å². The van der Waals surface area contributed by atoms with Crippen molar-refractivity contribution in [2.45, 2.75) is 37.8 Å². The molecule has 7 nitrogen and oxygen atoms in total. The number of aromatic amines is 1. The average molecular weight is 345 g/mol. The summed E-state index contributed by atoms with van der Waals surface area (Å²) in [6, 6.07) is 7.81. The summed E-state index contributed by atoms with van der Waals surface area (Å²) in [5, 5.41) is 0. The Morgan fingerprint density at radius 1 is 1.24 bits per heavy atom. The van der Waals surface area contributed by atoms with Crippen LogP contribution >= 0.6 is 0 Å². The Kier molecular flexibility index (Phi) is 4.48. The Morgan fingerprint density at radius 2 is 2.04 bits per heavy atom. The third kappa shape index (κ3) is 3.28. The Hall–Kier alpha value is -2.28. The van der Waals surface area contributed by atoms with Crippen LogP contribution in [0.2, 0.25) is 0 Å². The Balaban J connectivity index is 1.37. The minimum Gasteiger partial charge on any atom is -0.447 e. The smallest absolute Gasteiger partial charge is 0.409 e. The number of nitrogens with one attached hydrogen (secondary N) is 1. The number of para-hydroxylation sites is 2. The maximum absolute atomic E-state index is 12.3. The molecule has 25 heavy (non-hydrogen) atoms. The van der Waals surface area contributed by atoms with Gasteiger partial charge in [-0.05, 0) is 37.8 Å². The van der Waals surface area contributed by atoms with Gasteiger partial charge in [0, 0.05) is 25.7 Å². The number of fused-ring (bicyclic) bond motifs is 1. The maximum atomic E-state index is 12.3. The lowest BCUT2D eigenvalue weighted by molar-refractivity contribution is 0.0261. The summed E-state index contributed by atoms with van der Waals surface area (Å²) in [5.41, 5.74) is 1.69. The molecule has 2 saturated heterocycles. The second-order valence-corrected chi connectivity index (χ2v) is 6.75. The predicted molar refractivity (Wildman–Crippen MR) is 92.7 cm³/mol. The van der Waals surface area contributed by atoms with Gasteiger partial charge in [-0.25, -0.2) is 9.59 Å². The fourth-order valence-corrected chi connectivity index (χ4v) is 3.77. The monoisotopic (exact) mass is 345 g/mol. The van der Waals surface area contributed by atoms with E-state index in [9.17, 15) is 9.59 Å². The topological polar surface area (TPSA) is 76.6 Å². The lowest BCUT2D eigenvalue weighted by Crippen LogP contribution is -2.41. The van der Waals surface area contributed by atoms with Crippen LogP contribution in [-0.2, 0) is 9.47 Å². The van der Waals surface area contributed by atoms with E-state index in [1.54, 1.807) is 4.90 Å². The van der Waals surface area contributed by atoms with Crippen molar-refractivity contribution in [1.82, 2.24) is 14.5 Å². The normalized spacial score (nSPS) is 21.8. The lowest BCUT2D eigenvalue weighted by Gasteiger charge is -2.32. The zero-order valence-electron chi connectivity index (χ0n) is 14.1. The molecule has 1 unspecified atom stereocenters. The standard InChI is InChI=1S/C18H23N3O4/c22-17-19-15-5-1-2-6-16(15)21(17)13-7-9-20(10-8-13)18(23)25-12-14-4-3-11-24-14/h1-2,5-6,13-14H,3-4,7-12H2,(H,19,22). The number of rotatable bonds is 3. The van der Waals surface area contributed by atoms with E-state index >= 15 is 0 Å². The first kappa shape index (κ1) is 16.2. The molecule has 2 aromatic rings. The van der Waals surface area contributed by atoms with E-state index in [1.165, 1.54) is 0 Å². The van der Waals surface area contributed by atoms with Gasteiger partial charge in [0.15, 0.2) is 0 Å². The SMILES string of the molecule is O=C(OCC1CCCO1)N1CCC(n2c(=O)[nH]c3ccccc32)CC1. The number of hydrogen-bond acceptors (Lipinski definition) is 4. The zero-order valence-corrected chi connectivity index (χ0v) is 14.1. The van der Waals surface area contributed by atoms with Gasteiger partial charge in [-0.3, -0.25) is 4.57 Å². The molecule has 2 aliphatic rings. The highest BCUT2D eigenvalue weighted by atomic mass is 16.6. The molecule has 0 bridgehead atoms. The van der Waals surface area contributed by atoms with Gasteiger partial charge in [0.1, 0.15) is 6.61 Å². The Morgan fingerprint density at radius 3 is 2.80 bits per heavy atom. The number of ether oxygens (including phenoxy) is 2. The summed E-state index contributed by atoms with van der Waals surface area (Å²) in [6.45, 7) is 2.29. The fraction of sp³-hybridized carbons (Fsp3) is 0.556. The molecule has 3 heterocycles. The van der Waals surface area contributed by atoms with Crippen LogP contribution in [0.15, 0.2) is 29.1 Å². The van der Waals surface area contributed by atoms with Crippen molar-refractivity contribution in [3.05, 3.63) is 34.7 Å². The number of nitrogens with zero attached hydrogens (tertiary/aromatic N) is 2. The van der Waals surface area contributed by atoms with Gasteiger partial charge in [-0.2, -0.15) is 0 Å². The largest absolute Gasteiger partial charge is 0.447 e. The minimum absolute atomic E-state index is 0.0475. The van der Waals surface area contributed by atoms with Crippen LogP contribution in [0, 0.1) is 0 Å². The molecular formula is C18H23N3O4. The first-order chi connectivity index (χ1) is 12.2. The summed E-state index contributed by atoms with van der Waals surface area (Å²) >= 11 is 0. The molecular weight excluding hydrogens is 322 g/mol. The molecule has 1 amide bonds. The molecule has 134 valence electrons. The molecule has 1 aromatic carbocycles. The van der Waals surface area contributed by atoms with Crippen molar-refractivity contribution in [3.63, 3.8) is 0 Å². The number of amides is 1. The number of H-pyrrole nitrogens is 1. The van der Waals surface area contributed by atoms with E-state index in [1.807, 2.05) is 28.8 Å². The Labute approximate surface area is 145 Å². The number of piperidine rings is 1. The molecule has 0 aliphatic carbocycles. The number of benzene rings is 1. The second kappa shape index (κ2) is 6.92. The van der Waals surface area contributed by atoms with Crippen LogP contribution in [0.3, 0.4) is 0 Å². The molecule has 1 N–H and O–H groups in total. The van der Waals surface area contributed by atoms with E-state index in [4.69, 9.17) is 9.47 Å². The Bertz CT molecular complexity index is 798. The number of imidazole rings is 1. The van der Waals surface area contributed by atoms with E-state index in [-0.39, 0.29) is 23.9 Å². The van der Waals surface area contributed by atoms with Gasteiger partial charge in [-0.1, -0.05) is 12.1 Å². The van der Waals surface area contributed by atoms with Crippen molar-refractivity contribution in [2.24, 2.45) is 0 Å². The first-order valence-corrected chi connectivity index (χ1v) is 8.95. The lowest BCUT2D eigenvalue weighted by atomic mass is 10.0. The van der Waals surface area contributed by atoms with Crippen LogP contribution < -0.4 is 5.69 Å². The average Bonchev–Trinajstić information content (AvgIpc) is 3.26. The van der Waals surface area contributed by atoms with Crippen LogP contribution in [0.5, 0.6) is 0 Å². The first-order valence-electron chi connectivity index (χ1n) is 8.95. The van der Waals surface area contributed by atoms with Crippen molar-refractivity contribution in [2.75, 3.05) is 26.3 Å². The molecule has 1 atom stereocenters. The van der Waals surface area contributed by atoms with Gasteiger partial charge < -0.3 is 19.4 Å². The van der Waals surface area contributed by atoms with Gasteiger partial charge in [0.25, 0.3) is 0 Å². The molecule has 4 rings (SSSR count). The van der Waals surface area contributed by atoms with Gasteiger partial charge in [0.05, 0.1) is 17.1 Å². The van der Waals surface area contributed by atoms with Crippen LogP contribution in [0.4, 0.5) is 4.79 Å². The van der Waals surface area contributed by atoms with Crippen molar-refractivity contribution < 1.29 is 14.3 Å². The molecule has 0 spiro atoms. The summed E-state index contributed by atoms with van der Waals surface area (Å²) in [4.78, 5) is 29.1. The predicted octanol–water partition coefficient (Wildman–Crippen LogP) is 2.28. The van der Waals surface area contributed by atoms with E-state index in [0.717, 1.165) is 43.3 Å². The fourth-order valence-electron chi connectivity index (χ4n) is 3.77. The minimum atomic E-state index is -0.278. The summed E-state index contributed by atoms with van der Waals surface area (Å²) < 4.78 is 12.7. The summed E-state index contributed by atoms with van der Waals surface area (Å²) in [7, 11) is 0. The number of carbonyl (C=O) groups is 1. The maximum Gasteiger partial charge on any atom is 0.409 e. The summed E-state index contributed by atoms with van der Waals surface area (Å²) in [6.07, 6.45) is 3.26. The third-order valence-corrected chi connectivity index (χ3v) is 5.13. The molecule has 2 fully saturated rings. The van der Waals surface area contributed by atoms with Crippen molar-refractivity contribution >= 4 is 17.1 Å². The number of aromatic nitrogens is 2. The van der Waals surface area contributed by atoms with E-state index in [0.29, 0.717) is 19.7 Å². The second-order valence-electron chi connectivity index (χ2n) is 6.75. The van der Waals surface area contributed by atoms with E-state index in [2.05, 4.69) is 4.98 Å². The molecule has 1 aromatic heterocycles. The van der Waals surface area contributed by atoms with Crippen LogP contribution in [0.1, 0.15) is 31.7 Å². The molecule has 2 aliphatic heterocycles. The van der Waals surface area contributed by atoms with E-state index < -0.39 is 0 Å². The third-order valence-electron chi connectivity index (χ3n) is 5.13. The highest BCUT2D eigenvalue weighted by Crippen LogP contribution is 2.25. The number of likely N-dealkylation sites (tertiary alicyclic amines) is 1. The summed E-state index contributed by atoms with van der Waals surface area (Å²) in [5.74, 6) is 0. The molecule has 0 saturated carbocycles. The van der Waals surface area contributed by atoms with Crippen molar-refractivity contribution in [1.29, 1.82) is 0 Å². The van der Waals surface area contributed by atoms with Gasteiger partial charge in [-0.15, -0.1) is 0 Å². The van der Waals surface area contributed by atoms with Crippen LogP contribution in [-0.4, -0.2) is 53.0 Å². The quantitative estimate of drug-likeness (QED) is 0.926. The molecule has 0 radical (unpaired) electrons. The van der Waals surface area contributed by atoms with Gasteiger partial charge in [0.2, 0.25) is 0 Å². The highest BCUT2D eigenvalue weighted by molar-refractivity contribution is 5.75. The number of carbonyl (C=O) groups excluding carboxylic acids is 1. The number of hydrogen-bond donors (Lipinski definition) is 1. The molecule has 7 heteroatoms. The van der Waals surface area contributed by atoms with Crippen molar-refractivity contribution in [3.8, 4) is 0 Å².